The number of nitrogens with zero attached hydrogens (tertiary/aromatic N) is 2. The van der Waals surface area contributed by atoms with E-state index < -0.39 is 0 Å². The van der Waals surface area contributed by atoms with E-state index in [1.807, 2.05) is 29.8 Å². The summed E-state index contributed by atoms with van der Waals surface area (Å²) in [4.78, 5) is 12.5. The number of methoxy groups -OCH3 is 1. The van der Waals surface area contributed by atoms with E-state index in [1.165, 1.54) is 11.3 Å². The van der Waals surface area contributed by atoms with E-state index in [-0.39, 0.29) is 11.8 Å². The molecule has 6 heteroatoms. The van der Waals surface area contributed by atoms with E-state index in [1.54, 1.807) is 7.11 Å². The molecule has 26 heavy (non-hydrogen) atoms. The standard InChI is InChI=1S/C20H27N3O3/c1-5-23-14(3)18(13(2)22-23)8-9-21-20(24)16-10-15-6-7-17(25-4)11-19(15)26-12-16/h6-7,11,16H,5,8-10,12H2,1-4H3,(H,21,24)/t16-/m1/s1. The van der Waals surface area contributed by atoms with E-state index in [0.29, 0.717) is 19.6 Å². The number of aryl methyl sites for hydroxylation is 2. The number of carbonyl (C=O) groups is 1. The summed E-state index contributed by atoms with van der Waals surface area (Å²) in [5.74, 6) is 1.47. The maximum absolute atomic E-state index is 12.5. The first-order valence-electron chi connectivity index (χ1n) is 9.13. The molecule has 1 aliphatic rings. The molecule has 0 aliphatic carbocycles. The van der Waals surface area contributed by atoms with Crippen LogP contribution in [0.3, 0.4) is 0 Å². The minimum atomic E-state index is -0.156. The molecule has 0 unspecified atom stereocenters. The topological polar surface area (TPSA) is 65.4 Å². The quantitative estimate of drug-likeness (QED) is 0.862. The van der Waals surface area contributed by atoms with Gasteiger partial charge < -0.3 is 14.8 Å². The van der Waals surface area contributed by atoms with Gasteiger partial charge in [-0.2, -0.15) is 5.10 Å². The van der Waals surface area contributed by atoms with E-state index in [9.17, 15) is 4.79 Å². The molecule has 2 aromatic rings. The van der Waals surface area contributed by atoms with Crippen LogP contribution in [-0.2, 0) is 24.2 Å². The summed E-state index contributed by atoms with van der Waals surface area (Å²) in [5, 5.41) is 7.58. The van der Waals surface area contributed by atoms with E-state index in [0.717, 1.165) is 35.7 Å². The van der Waals surface area contributed by atoms with Crippen molar-refractivity contribution in [3.63, 3.8) is 0 Å². The van der Waals surface area contributed by atoms with Crippen LogP contribution >= 0.6 is 0 Å². The van der Waals surface area contributed by atoms with Crippen molar-refractivity contribution in [3.8, 4) is 11.5 Å². The smallest absolute Gasteiger partial charge is 0.226 e. The highest BCUT2D eigenvalue weighted by atomic mass is 16.5. The van der Waals surface area contributed by atoms with Crippen LogP contribution in [-0.4, -0.2) is 35.9 Å². The van der Waals surface area contributed by atoms with Gasteiger partial charge in [-0.1, -0.05) is 6.07 Å². The fourth-order valence-corrected chi connectivity index (χ4v) is 3.51. The average Bonchev–Trinajstić information content (AvgIpc) is 2.94. The Morgan fingerprint density at radius 1 is 1.42 bits per heavy atom. The van der Waals surface area contributed by atoms with Crippen LogP contribution in [0.25, 0.3) is 0 Å². The monoisotopic (exact) mass is 357 g/mol. The summed E-state index contributed by atoms with van der Waals surface area (Å²) in [6.07, 6.45) is 1.49. The first kappa shape index (κ1) is 18.3. The van der Waals surface area contributed by atoms with Gasteiger partial charge in [0.15, 0.2) is 0 Å². The van der Waals surface area contributed by atoms with E-state index >= 15 is 0 Å². The third kappa shape index (κ3) is 3.69. The predicted octanol–water partition coefficient (Wildman–Crippen LogP) is 2.44. The lowest BCUT2D eigenvalue weighted by molar-refractivity contribution is -0.126. The maximum atomic E-state index is 12.5. The largest absolute Gasteiger partial charge is 0.497 e. The lowest BCUT2D eigenvalue weighted by atomic mass is 9.96. The molecule has 1 aliphatic heterocycles. The number of carbonyl (C=O) groups excluding carboxylic acids is 1. The van der Waals surface area contributed by atoms with Crippen LogP contribution in [0, 0.1) is 19.8 Å². The SMILES string of the molecule is CCn1nc(C)c(CCNC(=O)[C@H]2COc3cc(OC)ccc3C2)c1C. The van der Waals surface area contributed by atoms with Crippen LogP contribution in [0.2, 0.25) is 0 Å². The molecule has 6 nitrogen and oxygen atoms in total. The maximum Gasteiger partial charge on any atom is 0.226 e. The van der Waals surface area contributed by atoms with Gasteiger partial charge >= 0.3 is 0 Å². The molecule has 0 fully saturated rings. The van der Waals surface area contributed by atoms with Crippen LogP contribution in [0.1, 0.15) is 29.4 Å². The number of amides is 1. The molecule has 1 N–H and O–H groups in total. The van der Waals surface area contributed by atoms with Gasteiger partial charge in [0.1, 0.15) is 18.1 Å². The summed E-state index contributed by atoms with van der Waals surface area (Å²) in [5.41, 5.74) is 4.50. The Morgan fingerprint density at radius 3 is 2.92 bits per heavy atom. The van der Waals surface area contributed by atoms with Crippen molar-refractivity contribution in [1.82, 2.24) is 15.1 Å². The lowest BCUT2D eigenvalue weighted by Gasteiger charge is -2.25. The zero-order valence-corrected chi connectivity index (χ0v) is 16.0. The Morgan fingerprint density at radius 2 is 2.23 bits per heavy atom. The highest BCUT2D eigenvalue weighted by Gasteiger charge is 2.26. The molecule has 1 amide bonds. The van der Waals surface area contributed by atoms with Gasteiger partial charge in [0, 0.05) is 24.8 Å². The van der Waals surface area contributed by atoms with Crippen molar-refractivity contribution < 1.29 is 14.3 Å². The molecule has 0 radical (unpaired) electrons. The molecule has 2 heterocycles. The van der Waals surface area contributed by atoms with Crippen molar-refractivity contribution in [3.05, 3.63) is 40.7 Å². The van der Waals surface area contributed by atoms with Gasteiger partial charge in [-0.15, -0.1) is 0 Å². The first-order chi connectivity index (χ1) is 12.5. The van der Waals surface area contributed by atoms with Crippen molar-refractivity contribution >= 4 is 5.91 Å². The van der Waals surface area contributed by atoms with Crippen molar-refractivity contribution in [2.75, 3.05) is 20.3 Å². The average molecular weight is 357 g/mol. The van der Waals surface area contributed by atoms with E-state index in [2.05, 4.69) is 24.3 Å². The van der Waals surface area contributed by atoms with Crippen molar-refractivity contribution in [2.45, 2.75) is 40.2 Å². The van der Waals surface area contributed by atoms with Gasteiger partial charge in [-0.3, -0.25) is 9.48 Å². The number of benzene rings is 1. The Bertz CT molecular complexity index is 798. The van der Waals surface area contributed by atoms with Gasteiger partial charge in [0.25, 0.3) is 0 Å². The summed E-state index contributed by atoms with van der Waals surface area (Å²) in [6, 6.07) is 5.75. The number of nitrogens with one attached hydrogen (secondary N) is 1. The summed E-state index contributed by atoms with van der Waals surface area (Å²) < 4.78 is 13.0. The molecule has 1 aromatic heterocycles. The minimum Gasteiger partial charge on any atom is -0.497 e. The highest BCUT2D eigenvalue weighted by molar-refractivity contribution is 5.79. The third-order valence-corrected chi connectivity index (χ3v) is 5.06. The van der Waals surface area contributed by atoms with Gasteiger partial charge in [0.2, 0.25) is 5.91 Å². The minimum absolute atomic E-state index is 0.0460. The normalized spacial score (nSPS) is 15.9. The Labute approximate surface area is 154 Å². The number of aromatic nitrogens is 2. The first-order valence-corrected chi connectivity index (χ1v) is 9.13. The zero-order chi connectivity index (χ0) is 18.7. The lowest BCUT2D eigenvalue weighted by Crippen LogP contribution is -2.38. The van der Waals surface area contributed by atoms with Crippen molar-refractivity contribution in [1.29, 1.82) is 0 Å². The third-order valence-electron chi connectivity index (χ3n) is 5.06. The Balaban J connectivity index is 1.55. The van der Waals surface area contributed by atoms with Crippen LogP contribution in [0.15, 0.2) is 18.2 Å². The predicted molar refractivity (Wildman–Crippen MR) is 99.8 cm³/mol. The molecule has 1 atom stereocenters. The summed E-state index contributed by atoms with van der Waals surface area (Å²) in [7, 11) is 1.63. The number of hydrogen-bond acceptors (Lipinski definition) is 4. The number of rotatable bonds is 6. The van der Waals surface area contributed by atoms with E-state index in [4.69, 9.17) is 9.47 Å². The number of fused-ring (bicyclic) bond motifs is 1. The summed E-state index contributed by atoms with van der Waals surface area (Å²) in [6.45, 7) is 8.07. The molecule has 140 valence electrons. The molecular formula is C20H27N3O3. The molecule has 0 bridgehead atoms. The zero-order valence-electron chi connectivity index (χ0n) is 16.0. The molecule has 0 saturated heterocycles. The van der Waals surface area contributed by atoms with Gasteiger partial charge in [0.05, 0.1) is 18.7 Å². The Hall–Kier alpha value is -2.50. The molecular weight excluding hydrogens is 330 g/mol. The number of hydrogen-bond donors (Lipinski definition) is 1. The Kier molecular flexibility index (Phi) is 5.49. The second kappa shape index (κ2) is 7.81. The van der Waals surface area contributed by atoms with Gasteiger partial charge in [-0.05, 0) is 50.8 Å². The summed E-state index contributed by atoms with van der Waals surface area (Å²) >= 11 is 0. The second-order valence-electron chi connectivity index (χ2n) is 6.69. The van der Waals surface area contributed by atoms with Crippen LogP contribution in [0.4, 0.5) is 0 Å². The van der Waals surface area contributed by atoms with Crippen molar-refractivity contribution in [2.24, 2.45) is 5.92 Å². The molecule has 0 spiro atoms. The highest BCUT2D eigenvalue weighted by Crippen LogP contribution is 2.31. The molecule has 1 aromatic carbocycles. The fraction of sp³-hybridized carbons (Fsp3) is 0.500. The van der Waals surface area contributed by atoms with Gasteiger partial charge in [-0.25, -0.2) is 0 Å². The second-order valence-corrected chi connectivity index (χ2v) is 6.69. The number of ether oxygens (including phenoxy) is 2. The van der Waals surface area contributed by atoms with Crippen LogP contribution in [0.5, 0.6) is 11.5 Å². The fourth-order valence-electron chi connectivity index (χ4n) is 3.51. The molecule has 0 saturated carbocycles. The van der Waals surface area contributed by atoms with Crippen LogP contribution < -0.4 is 14.8 Å². The molecule has 3 rings (SSSR count).